The van der Waals surface area contributed by atoms with Gasteiger partial charge in [-0.15, -0.1) is 0 Å². The highest BCUT2D eigenvalue weighted by molar-refractivity contribution is 6.31. The van der Waals surface area contributed by atoms with E-state index in [-0.39, 0.29) is 12.1 Å². The quantitative estimate of drug-likeness (QED) is 0.295. The third-order valence-electron chi connectivity index (χ3n) is 9.26. The molecule has 8 bridgehead atoms. The van der Waals surface area contributed by atoms with E-state index in [1.807, 2.05) is 61.4 Å². The molecule has 8 nitrogen and oxygen atoms in total. The number of aromatic amines is 1. The Balaban J connectivity index is 1.37. The monoisotopic (exact) mass is 622 g/mol. The topological polar surface area (TPSA) is 104 Å². The Hall–Kier alpha value is -6.12. The number of aliphatic imine (C=N–C) groups is 2. The van der Waals surface area contributed by atoms with Gasteiger partial charge in [-0.2, -0.15) is 0 Å². The van der Waals surface area contributed by atoms with Crippen molar-refractivity contribution in [2.45, 2.75) is 24.9 Å². The molecular weight excluding hydrogens is 592 g/mol. The molecule has 48 heavy (non-hydrogen) atoms. The standard InChI is InChI=1S/C40H30N8/c1-5-25(21-41-17-1)37-29-9-11-31(45-29)38(26-6-2-18-42-22-26)33-13-15-35(47-33)40(28-8-4-20-44-24-28)36-16-14-34(48-36)39(27-7-3-19-43-23-27)32-12-10-30(37)46-32/h1-13,15,17-24,34,36,45,48H,14,16H2/b37-29-,38-31-,39-32-,40-35-. The van der Waals surface area contributed by atoms with E-state index >= 15 is 0 Å². The van der Waals surface area contributed by atoms with Crippen LogP contribution in [0, 0.1) is 0 Å². The van der Waals surface area contributed by atoms with Gasteiger partial charge >= 0.3 is 0 Å². The largest absolute Gasteiger partial charge is 0.354 e. The smallest absolute Gasteiger partial charge is 0.0737 e. The highest BCUT2D eigenvalue weighted by atomic mass is 15.0. The average molecular weight is 623 g/mol. The van der Waals surface area contributed by atoms with E-state index in [0.717, 1.165) is 90.9 Å². The molecule has 0 saturated carbocycles. The summed E-state index contributed by atoms with van der Waals surface area (Å²) in [7, 11) is 0. The molecule has 9 rings (SSSR count). The van der Waals surface area contributed by atoms with Gasteiger partial charge in [0.2, 0.25) is 0 Å². The van der Waals surface area contributed by atoms with Crippen molar-refractivity contribution in [1.82, 2.24) is 30.2 Å². The molecule has 9 heterocycles. The molecule has 8 heteroatoms. The summed E-state index contributed by atoms with van der Waals surface area (Å²) in [6, 6.07) is 20.6. The van der Waals surface area contributed by atoms with Gasteiger partial charge in [0.05, 0.1) is 22.8 Å². The molecule has 2 N–H and O–H groups in total. The Bertz CT molecular complexity index is 2180. The average Bonchev–Trinajstić information content (AvgIpc) is 3.98. The van der Waals surface area contributed by atoms with Crippen LogP contribution in [0.5, 0.6) is 0 Å². The zero-order valence-electron chi connectivity index (χ0n) is 26.0. The van der Waals surface area contributed by atoms with Crippen molar-refractivity contribution in [3.63, 3.8) is 0 Å². The van der Waals surface area contributed by atoms with E-state index in [9.17, 15) is 0 Å². The summed E-state index contributed by atoms with van der Waals surface area (Å²) in [6.45, 7) is 0. The van der Waals surface area contributed by atoms with E-state index in [4.69, 9.17) is 9.98 Å². The number of rotatable bonds is 4. The Morgan fingerprint density at radius 3 is 1.29 bits per heavy atom. The highest BCUT2D eigenvalue weighted by Gasteiger charge is 2.34. The first-order valence-corrected chi connectivity index (χ1v) is 16.1. The molecule has 2 unspecified atom stereocenters. The molecule has 5 aromatic heterocycles. The summed E-state index contributed by atoms with van der Waals surface area (Å²) in [5.74, 6) is 0. The third kappa shape index (κ3) is 4.99. The summed E-state index contributed by atoms with van der Waals surface area (Å²) in [4.78, 5) is 32.4. The first-order valence-electron chi connectivity index (χ1n) is 16.1. The van der Waals surface area contributed by atoms with E-state index < -0.39 is 0 Å². The summed E-state index contributed by atoms with van der Waals surface area (Å²) in [6.07, 6.45) is 25.2. The number of allylic oxidation sites excluding steroid dienone is 4. The predicted molar refractivity (Wildman–Crippen MR) is 189 cm³/mol. The molecule has 4 aliphatic rings. The fourth-order valence-electron chi connectivity index (χ4n) is 7.19. The third-order valence-corrected chi connectivity index (χ3v) is 9.26. The Morgan fingerprint density at radius 1 is 0.479 bits per heavy atom. The van der Waals surface area contributed by atoms with Crippen molar-refractivity contribution in [3.8, 4) is 0 Å². The van der Waals surface area contributed by atoms with Gasteiger partial charge in [0, 0.05) is 106 Å². The first kappa shape index (κ1) is 28.1. The number of hydrogen-bond acceptors (Lipinski definition) is 7. The molecular formula is C40H30N8. The normalized spacial score (nSPS) is 25.3. The van der Waals surface area contributed by atoms with Gasteiger partial charge in [0.25, 0.3) is 0 Å². The van der Waals surface area contributed by atoms with Crippen LogP contribution in [-0.2, 0) is 0 Å². The Morgan fingerprint density at radius 2 is 0.896 bits per heavy atom. The summed E-state index contributed by atoms with van der Waals surface area (Å²) in [5.41, 5.74) is 11.9. The van der Waals surface area contributed by atoms with E-state index in [1.165, 1.54) is 0 Å². The van der Waals surface area contributed by atoms with Crippen LogP contribution >= 0.6 is 0 Å². The van der Waals surface area contributed by atoms with E-state index in [2.05, 4.69) is 90.9 Å². The van der Waals surface area contributed by atoms with Crippen molar-refractivity contribution < 1.29 is 0 Å². The second-order valence-electron chi connectivity index (χ2n) is 12.1. The van der Waals surface area contributed by atoms with Crippen LogP contribution in [-0.4, -0.2) is 48.4 Å². The van der Waals surface area contributed by atoms with E-state index in [1.54, 1.807) is 12.4 Å². The molecule has 230 valence electrons. The zero-order chi connectivity index (χ0) is 31.9. The molecule has 4 aliphatic heterocycles. The number of hydrogen-bond donors (Lipinski definition) is 2. The predicted octanol–water partition coefficient (Wildman–Crippen LogP) is 4.97. The number of nitrogens with zero attached hydrogens (tertiary/aromatic N) is 6. The zero-order valence-corrected chi connectivity index (χ0v) is 26.0. The minimum atomic E-state index is 0.0485. The van der Waals surface area contributed by atoms with Crippen LogP contribution in [0.15, 0.2) is 156 Å². The highest BCUT2D eigenvalue weighted by Crippen LogP contribution is 2.38. The van der Waals surface area contributed by atoms with Crippen LogP contribution in [0.1, 0.15) is 35.1 Å². The maximum Gasteiger partial charge on any atom is 0.0737 e. The minimum absolute atomic E-state index is 0.0485. The second kappa shape index (κ2) is 11.9. The first-order chi connectivity index (χ1) is 23.8. The van der Waals surface area contributed by atoms with Crippen molar-refractivity contribution in [2.75, 3.05) is 0 Å². The van der Waals surface area contributed by atoms with Crippen molar-refractivity contribution in [2.24, 2.45) is 9.98 Å². The van der Waals surface area contributed by atoms with Crippen LogP contribution in [0.3, 0.4) is 0 Å². The van der Waals surface area contributed by atoms with Gasteiger partial charge in [-0.1, -0.05) is 24.3 Å². The molecule has 5 aromatic rings. The van der Waals surface area contributed by atoms with E-state index in [0.29, 0.717) is 0 Å². The maximum absolute atomic E-state index is 5.34. The minimum Gasteiger partial charge on any atom is -0.354 e. The maximum atomic E-state index is 5.34. The summed E-state index contributed by atoms with van der Waals surface area (Å²) >= 11 is 0. The molecule has 1 saturated heterocycles. The number of fused-ring (bicyclic) bond motifs is 6. The molecule has 0 spiro atoms. The van der Waals surface area contributed by atoms with Crippen LogP contribution in [0.2, 0.25) is 0 Å². The lowest BCUT2D eigenvalue weighted by atomic mass is 9.95. The summed E-state index contributed by atoms with van der Waals surface area (Å²) in [5, 5.41) is 5.88. The number of aromatic nitrogens is 5. The Labute approximate surface area is 277 Å². The number of H-pyrrole nitrogens is 1. The molecule has 0 aliphatic carbocycles. The summed E-state index contributed by atoms with van der Waals surface area (Å²) < 4.78 is 0. The van der Waals surface area contributed by atoms with Crippen molar-refractivity contribution in [3.05, 3.63) is 179 Å². The van der Waals surface area contributed by atoms with Gasteiger partial charge in [0.1, 0.15) is 0 Å². The lowest BCUT2D eigenvalue weighted by Crippen LogP contribution is -2.32. The van der Waals surface area contributed by atoms with Crippen LogP contribution < -0.4 is 16.0 Å². The fourth-order valence-corrected chi connectivity index (χ4v) is 7.19. The van der Waals surface area contributed by atoms with Gasteiger partial charge in [-0.3, -0.25) is 19.9 Å². The van der Waals surface area contributed by atoms with Crippen molar-refractivity contribution in [1.29, 1.82) is 0 Å². The second-order valence-corrected chi connectivity index (χ2v) is 12.1. The number of pyridine rings is 4. The van der Waals surface area contributed by atoms with Gasteiger partial charge < -0.3 is 10.3 Å². The Kier molecular flexibility index (Phi) is 6.98. The fraction of sp³-hybridized carbons (Fsp3) is 0.100. The van der Waals surface area contributed by atoms with Gasteiger partial charge in [0.15, 0.2) is 0 Å². The van der Waals surface area contributed by atoms with Crippen LogP contribution in [0.4, 0.5) is 0 Å². The van der Waals surface area contributed by atoms with Gasteiger partial charge in [-0.25, -0.2) is 9.98 Å². The molecule has 1 fully saturated rings. The van der Waals surface area contributed by atoms with Crippen LogP contribution in [0.25, 0.3) is 22.3 Å². The molecule has 0 aromatic carbocycles. The van der Waals surface area contributed by atoms with Crippen molar-refractivity contribution >= 4 is 33.7 Å². The lowest BCUT2D eigenvalue weighted by Gasteiger charge is -2.22. The molecule has 0 amide bonds. The SMILES string of the molecule is C1=C/C2=C(\c3cccnc3)C3CCC(N3)/C(c3cccnc3)=C3/C=CC(=N3)/C(c3cccnc3)=c3/cc/c([nH]3)=C(\c3cccnc3)C1=N2. The lowest BCUT2D eigenvalue weighted by molar-refractivity contribution is 0.687. The molecule has 2 atom stereocenters. The number of nitrogens with one attached hydrogen (secondary N) is 2. The van der Waals surface area contributed by atoms with Gasteiger partial charge in [-0.05, 0) is 84.7 Å². The molecule has 0 radical (unpaired) electrons.